The molecule has 0 fully saturated rings. The van der Waals surface area contributed by atoms with Crippen molar-refractivity contribution in [3.05, 3.63) is 128 Å². The van der Waals surface area contributed by atoms with Crippen molar-refractivity contribution in [3.8, 4) is 11.5 Å². The Hall–Kier alpha value is -4.89. The Bertz CT molecular complexity index is 2040. The highest BCUT2D eigenvalue weighted by Crippen LogP contribution is 2.40. The minimum absolute atomic E-state index is 0.935. The van der Waals surface area contributed by atoms with Crippen LogP contribution in [0.3, 0.4) is 0 Å². The van der Waals surface area contributed by atoms with Crippen LogP contribution in [0.2, 0.25) is 0 Å². The standard InChI is InChI=1S/C33H21N3/c1-2-10-23(11-3-1)35-29-15-7-5-13-25(29)33-26-21-27-24-12-4-6-14-28(24)36(32-16-8-9-19-34-32)31(27)20-22(26)17-18-30(33)35/h1-21H. The molecular formula is C33H21N3. The summed E-state index contributed by atoms with van der Waals surface area (Å²) in [5, 5.41) is 7.55. The topological polar surface area (TPSA) is 22.8 Å². The van der Waals surface area contributed by atoms with E-state index < -0.39 is 0 Å². The molecule has 5 aromatic carbocycles. The Labute approximate surface area is 207 Å². The third-order valence-corrected chi connectivity index (χ3v) is 7.34. The van der Waals surface area contributed by atoms with Gasteiger partial charge in [0.25, 0.3) is 0 Å². The van der Waals surface area contributed by atoms with Gasteiger partial charge in [-0.25, -0.2) is 4.98 Å². The van der Waals surface area contributed by atoms with Crippen molar-refractivity contribution >= 4 is 54.4 Å². The molecule has 3 aromatic heterocycles. The zero-order chi connectivity index (χ0) is 23.6. The van der Waals surface area contributed by atoms with E-state index in [0.29, 0.717) is 0 Å². The number of para-hydroxylation sites is 3. The molecule has 3 nitrogen and oxygen atoms in total. The van der Waals surface area contributed by atoms with Crippen molar-refractivity contribution in [2.75, 3.05) is 0 Å². The summed E-state index contributed by atoms with van der Waals surface area (Å²) >= 11 is 0. The first-order valence-corrected chi connectivity index (χ1v) is 12.2. The number of hydrogen-bond acceptors (Lipinski definition) is 1. The minimum Gasteiger partial charge on any atom is -0.309 e. The van der Waals surface area contributed by atoms with Crippen LogP contribution in [0.1, 0.15) is 0 Å². The Balaban J connectivity index is 1.56. The molecule has 3 heteroatoms. The van der Waals surface area contributed by atoms with E-state index in [0.717, 1.165) is 5.82 Å². The van der Waals surface area contributed by atoms with E-state index in [-0.39, 0.29) is 0 Å². The second kappa shape index (κ2) is 7.30. The van der Waals surface area contributed by atoms with E-state index in [9.17, 15) is 0 Å². The molecule has 0 amide bonds. The molecule has 0 radical (unpaired) electrons. The normalized spacial score (nSPS) is 11.9. The highest BCUT2D eigenvalue weighted by Gasteiger charge is 2.18. The second-order valence-electron chi connectivity index (χ2n) is 9.28. The minimum atomic E-state index is 0.935. The molecule has 0 saturated carbocycles. The lowest BCUT2D eigenvalue weighted by Gasteiger charge is -2.09. The molecule has 8 rings (SSSR count). The summed E-state index contributed by atoms with van der Waals surface area (Å²) in [6.45, 7) is 0. The molecule has 36 heavy (non-hydrogen) atoms. The fourth-order valence-corrected chi connectivity index (χ4v) is 5.84. The fourth-order valence-electron chi connectivity index (χ4n) is 5.84. The van der Waals surface area contributed by atoms with Gasteiger partial charge in [0.2, 0.25) is 0 Å². The largest absolute Gasteiger partial charge is 0.309 e. The lowest BCUT2D eigenvalue weighted by atomic mass is 10.0. The third-order valence-electron chi connectivity index (χ3n) is 7.34. The van der Waals surface area contributed by atoms with Gasteiger partial charge in [-0.15, -0.1) is 0 Å². The van der Waals surface area contributed by atoms with E-state index in [1.54, 1.807) is 0 Å². The van der Waals surface area contributed by atoms with Crippen LogP contribution in [0.4, 0.5) is 0 Å². The van der Waals surface area contributed by atoms with Gasteiger partial charge < -0.3 is 4.57 Å². The van der Waals surface area contributed by atoms with Crippen LogP contribution >= 0.6 is 0 Å². The van der Waals surface area contributed by atoms with Crippen molar-refractivity contribution in [2.24, 2.45) is 0 Å². The highest BCUT2D eigenvalue weighted by molar-refractivity contribution is 6.25. The first-order chi connectivity index (χ1) is 17.9. The van der Waals surface area contributed by atoms with Crippen molar-refractivity contribution in [2.45, 2.75) is 0 Å². The molecule has 0 spiro atoms. The van der Waals surface area contributed by atoms with Gasteiger partial charge in [-0.3, -0.25) is 4.57 Å². The van der Waals surface area contributed by atoms with E-state index in [2.05, 4.69) is 123 Å². The van der Waals surface area contributed by atoms with Crippen LogP contribution in [0.5, 0.6) is 0 Å². The van der Waals surface area contributed by atoms with E-state index in [1.165, 1.54) is 60.1 Å². The summed E-state index contributed by atoms with van der Waals surface area (Å²) in [5.41, 5.74) is 5.97. The average molecular weight is 460 g/mol. The van der Waals surface area contributed by atoms with Gasteiger partial charge in [-0.05, 0) is 65.4 Å². The first-order valence-electron chi connectivity index (χ1n) is 12.2. The monoisotopic (exact) mass is 459 g/mol. The molecule has 0 aliphatic heterocycles. The quantitative estimate of drug-likeness (QED) is 0.254. The molecule has 8 aromatic rings. The number of fused-ring (bicyclic) bond motifs is 8. The smallest absolute Gasteiger partial charge is 0.137 e. The van der Waals surface area contributed by atoms with Crippen molar-refractivity contribution in [3.63, 3.8) is 0 Å². The number of aromatic nitrogens is 3. The Morgan fingerprint density at radius 3 is 1.97 bits per heavy atom. The van der Waals surface area contributed by atoms with Crippen molar-refractivity contribution in [1.82, 2.24) is 14.1 Å². The van der Waals surface area contributed by atoms with Crippen LogP contribution < -0.4 is 0 Å². The predicted molar refractivity (Wildman–Crippen MR) is 150 cm³/mol. The summed E-state index contributed by atoms with van der Waals surface area (Å²) in [4.78, 5) is 4.69. The van der Waals surface area contributed by atoms with Crippen molar-refractivity contribution < 1.29 is 0 Å². The molecule has 0 saturated heterocycles. The lowest BCUT2D eigenvalue weighted by molar-refractivity contribution is 1.08. The average Bonchev–Trinajstić information content (AvgIpc) is 3.45. The SMILES string of the molecule is c1ccc(-n2c3ccccc3c3c4cc5c6ccccc6n(-c6ccccn6)c5cc4ccc32)cc1. The number of nitrogens with zero attached hydrogens (tertiary/aromatic N) is 3. The van der Waals surface area contributed by atoms with Gasteiger partial charge in [0, 0.05) is 33.4 Å². The predicted octanol–water partition coefficient (Wildman–Crippen LogP) is 8.43. The second-order valence-corrected chi connectivity index (χ2v) is 9.28. The Morgan fingerprint density at radius 1 is 0.444 bits per heavy atom. The zero-order valence-electron chi connectivity index (χ0n) is 19.5. The highest BCUT2D eigenvalue weighted by atomic mass is 15.1. The molecular weight excluding hydrogens is 438 g/mol. The zero-order valence-corrected chi connectivity index (χ0v) is 19.5. The molecule has 0 N–H and O–H groups in total. The molecule has 0 atom stereocenters. The van der Waals surface area contributed by atoms with Gasteiger partial charge in [0.05, 0.1) is 22.1 Å². The Morgan fingerprint density at radius 2 is 1.17 bits per heavy atom. The van der Waals surface area contributed by atoms with Gasteiger partial charge >= 0.3 is 0 Å². The number of benzene rings is 5. The summed E-state index contributed by atoms with van der Waals surface area (Å²) < 4.78 is 4.66. The Kier molecular flexibility index (Phi) is 3.94. The third kappa shape index (κ3) is 2.60. The molecule has 3 heterocycles. The van der Waals surface area contributed by atoms with Gasteiger partial charge in [0.15, 0.2) is 0 Å². The van der Waals surface area contributed by atoms with Gasteiger partial charge in [0.1, 0.15) is 5.82 Å². The van der Waals surface area contributed by atoms with Crippen LogP contribution in [0.25, 0.3) is 65.9 Å². The number of rotatable bonds is 2. The van der Waals surface area contributed by atoms with E-state index >= 15 is 0 Å². The molecule has 0 unspecified atom stereocenters. The van der Waals surface area contributed by atoms with Gasteiger partial charge in [-0.1, -0.05) is 66.7 Å². The van der Waals surface area contributed by atoms with Gasteiger partial charge in [-0.2, -0.15) is 0 Å². The summed E-state index contributed by atoms with van der Waals surface area (Å²) in [7, 11) is 0. The number of hydrogen-bond donors (Lipinski definition) is 0. The molecule has 0 bridgehead atoms. The maximum Gasteiger partial charge on any atom is 0.137 e. The maximum atomic E-state index is 4.69. The summed E-state index contributed by atoms with van der Waals surface area (Å²) in [6, 6.07) is 43.3. The maximum absolute atomic E-state index is 4.69. The van der Waals surface area contributed by atoms with E-state index in [4.69, 9.17) is 0 Å². The van der Waals surface area contributed by atoms with Crippen molar-refractivity contribution in [1.29, 1.82) is 0 Å². The summed E-state index contributed by atoms with van der Waals surface area (Å²) in [6.07, 6.45) is 1.86. The number of pyridine rings is 1. The molecule has 0 aliphatic rings. The van der Waals surface area contributed by atoms with Crippen LogP contribution in [0.15, 0.2) is 128 Å². The lowest BCUT2D eigenvalue weighted by Crippen LogP contribution is -1.96. The molecule has 168 valence electrons. The fraction of sp³-hybridized carbons (Fsp3) is 0. The first kappa shape index (κ1) is 19.4. The summed E-state index contributed by atoms with van der Waals surface area (Å²) in [5.74, 6) is 0.935. The van der Waals surface area contributed by atoms with Crippen LogP contribution in [-0.4, -0.2) is 14.1 Å². The van der Waals surface area contributed by atoms with Crippen LogP contribution in [0, 0.1) is 0 Å². The van der Waals surface area contributed by atoms with Crippen LogP contribution in [-0.2, 0) is 0 Å². The van der Waals surface area contributed by atoms with E-state index in [1.807, 2.05) is 18.3 Å². The molecule has 0 aliphatic carbocycles.